The predicted molar refractivity (Wildman–Crippen MR) is 174 cm³/mol. The maximum absolute atomic E-state index is 14.7. The molecule has 8 heteroatoms. The van der Waals surface area contributed by atoms with Crippen molar-refractivity contribution in [3.05, 3.63) is 23.3 Å². The number of fused-ring (bicyclic) bond motifs is 1. The first kappa shape index (κ1) is 37.4. The van der Waals surface area contributed by atoms with Gasteiger partial charge in [-0.2, -0.15) is 0 Å². The lowest BCUT2D eigenvalue weighted by molar-refractivity contribution is -0.190. The molecule has 0 aromatic carbocycles. The van der Waals surface area contributed by atoms with E-state index >= 15 is 0 Å². The monoisotopic (exact) mass is 632 g/mol. The molecule has 8 nitrogen and oxygen atoms in total. The van der Waals surface area contributed by atoms with E-state index in [0.717, 1.165) is 32.1 Å². The molecule has 7 atom stereocenters. The molecule has 1 saturated carbocycles. The summed E-state index contributed by atoms with van der Waals surface area (Å²) in [6.07, 6.45) is 12.6. The Morgan fingerprint density at radius 2 is 1.40 bits per heavy atom. The van der Waals surface area contributed by atoms with Gasteiger partial charge in [0.15, 0.2) is 5.78 Å². The molecule has 0 unspecified atom stereocenters. The van der Waals surface area contributed by atoms with Crippen LogP contribution >= 0.6 is 0 Å². The maximum atomic E-state index is 14.7. The molecule has 256 valence electrons. The molecular weight excluding hydrogens is 572 g/mol. The highest BCUT2D eigenvalue weighted by Gasteiger charge is 2.72. The van der Waals surface area contributed by atoms with Gasteiger partial charge in [-0.15, -0.1) is 0 Å². The molecule has 3 aliphatic carbocycles. The number of ketones is 1. The number of Topliss-reactive ketones (excluding diaryl/α,β-unsaturated/α-hetero) is 1. The van der Waals surface area contributed by atoms with E-state index in [1.54, 1.807) is 13.0 Å². The van der Waals surface area contributed by atoms with Crippen LogP contribution < -0.4 is 0 Å². The average Bonchev–Trinajstić information content (AvgIpc) is 3.14. The van der Waals surface area contributed by atoms with Gasteiger partial charge in [-0.3, -0.25) is 14.4 Å². The van der Waals surface area contributed by atoms with E-state index in [1.165, 1.54) is 38.2 Å². The highest BCUT2D eigenvalue weighted by molar-refractivity contribution is 5.95. The van der Waals surface area contributed by atoms with Gasteiger partial charge in [0.1, 0.15) is 30.5 Å². The van der Waals surface area contributed by atoms with Crippen LogP contribution in [0.15, 0.2) is 23.3 Å². The van der Waals surface area contributed by atoms with Crippen LogP contribution in [0.3, 0.4) is 0 Å². The molecule has 0 amide bonds. The van der Waals surface area contributed by atoms with Crippen molar-refractivity contribution in [1.82, 2.24) is 0 Å². The van der Waals surface area contributed by atoms with Crippen LogP contribution in [-0.2, 0) is 23.9 Å². The molecule has 3 N–H and O–H groups in total. The van der Waals surface area contributed by atoms with Crippen molar-refractivity contribution >= 4 is 17.7 Å². The molecule has 0 radical (unpaired) electrons. The molecule has 3 aliphatic rings. The van der Waals surface area contributed by atoms with Gasteiger partial charge in [0.05, 0.1) is 11.3 Å². The molecule has 0 aromatic heterocycles. The minimum Gasteiger partial charge on any atom is -0.461 e. The lowest BCUT2D eigenvalue weighted by Crippen LogP contribution is -2.65. The maximum Gasteiger partial charge on any atom is 0.306 e. The van der Waals surface area contributed by atoms with E-state index in [4.69, 9.17) is 9.47 Å². The van der Waals surface area contributed by atoms with Crippen LogP contribution in [0.4, 0.5) is 0 Å². The summed E-state index contributed by atoms with van der Waals surface area (Å²) in [5, 5.41) is 35.4. The summed E-state index contributed by atoms with van der Waals surface area (Å²) in [5.74, 6) is -2.72. The summed E-state index contributed by atoms with van der Waals surface area (Å²) in [6.45, 7) is 11.3. The third-order valence-corrected chi connectivity index (χ3v) is 10.7. The Morgan fingerprint density at radius 1 is 0.867 bits per heavy atom. The zero-order valence-electron chi connectivity index (χ0n) is 28.7. The van der Waals surface area contributed by atoms with E-state index in [1.807, 2.05) is 27.7 Å². The van der Waals surface area contributed by atoms with Crippen LogP contribution in [0.25, 0.3) is 0 Å². The fourth-order valence-electron chi connectivity index (χ4n) is 8.18. The Morgan fingerprint density at radius 3 is 2.02 bits per heavy atom. The number of aliphatic hydroxyl groups excluding tert-OH is 2. The van der Waals surface area contributed by atoms with Crippen LogP contribution in [0, 0.1) is 22.7 Å². The second kappa shape index (κ2) is 16.2. The van der Waals surface area contributed by atoms with Gasteiger partial charge < -0.3 is 24.8 Å². The van der Waals surface area contributed by atoms with Crippen molar-refractivity contribution in [3.8, 4) is 0 Å². The lowest BCUT2D eigenvalue weighted by atomic mass is 9.59. The first-order valence-corrected chi connectivity index (χ1v) is 17.7. The third-order valence-electron chi connectivity index (χ3n) is 10.7. The first-order valence-electron chi connectivity index (χ1n) is 17.7. The molecule has 0 aliphatic heterocycles. The lowest BCUT2D eigenvalue weighted by Gasteiger charge is -2.48. The van der Waals surface area contributed by atoms with E-state index < -0.39 is 58.3 Å². The van der Waals surface area contributed by atoms with Crippen LogP contribution in [0.2, 0.25) is 0 Å². The number of aliphatic hydroxyl groups is 3. The quantitative estimate of drug-likeness (QED) is 0.0937. The molecule has 0 heterocycles. The van der Waals surface area contributed by atoms with Gasteiger partial charge >= 0.3 is 11.9 Å². The summed E-state index contributed by atoms with van der Waals surface area (Å²) in [5.41, 5.74) is -4.04. The minimum atomic E-state index is -2.27. The average molecular weight is 633 g/mol. The largest absolute Gasteiger partial charge is 0.461 e. The third kappa shape index (κ3) is 7.93. The summed E-state index contributed by atoms with van der Waals surface area (Å²) in [7, 11) is 0. The Kier molecular flexibility index (Phi) is 13.5. The molecule has 0 saturated heterocycles. The number of unbranched alkanes of at least 4 members (excludes halogenated alkanes) is 10. The molecule has 0 aromatic rings. The molecule has 1 fully saturated rings. The number of hydrogen-bond donors (Lipinski definition) is 3. The molecular formula is C37H60O8. The highest BCUT2D eigenvalue weighted by atomic mass is 16.5. The van der Waals surface area contributed by atoms with Gasteiger partial charge in [-0.05, 0) is 43.3 Å². The number of ether oxygens (including phenoxy) is 2. The Balaban J connectivity index is 1.85. The number of carbonyl (C=O) groups excluding carboxylic acids is 3. The Labute approximate surface area is 271 Å². The van der Waals surface area contributed by atoms with E-state index in [0.29, 0.717) is 24.8 Å². The van der Waals surface area contributed by atoms with Crippen molar-refractivity contribution in [2.45, 2.75) is 162 Å². The normalized spacial score (nSPS) is 32.2. The van der Waals surface area contributed by atoms with Crippen LogP contribution in [0.1, 0.15) is 138 Å². The molecule has 1 spiro atoms. The molecule has 3 rings (SSSR count). The highest BCUT2D eigenvalue weighted by Crippen LogP contribution is 2.61. The predicted octanol–water partition coefficient (Wildman–Crippen LogP) is 6.53. The fraction of sp³-hybridized carbons (Fsp3) is 0.811. The summed E-state index contributed by atoms with van der Waals surface area (Å²) < 4.78 is 11.7. The SMILES string of the molecule is CCCCCCCCCCCC(=O)O[C@@H]1[C@@H]2C=C(COC(=O)CCCCC)[C@@H](O)[C@]3(O)[C@@H](O)C(C)=C[C@@]3(C2=O)[C@H](C)CC1(C)C. The zero-order valence-corrected chi connectivity index (χ0v) is 28.7. The standard InChI is InChI=1S/C37H60O8/c1-7-9-11-12-13-14-15-16-18-20-30(39)45-34-28-21-27(24-44-29(38)19-17-10-8-2)32(41)37(43)31(40)25(3)22-36(37,33(28)42)26(4)23-35(34,5)6/h21-22,26,28,31-32,34,40-41,43H,7-20,23-24H2,1-6H3/t26-,28-,31+,32-,34-,36+,37-/m1/s1. The van der Waals surface area contributed by atoms with Crippen molar-refractivity contribution < 1.29 is 39.2 Å². The fourth-order valence-corrected chi connectivity index (χ4v) is 8.18. The van der Waals surface area contributed by atoms with Crippen LogP contribution in [-0.4, -0.2) is 63.6 Å². The van der Waals surface area contributed by atoms with Crippen molar-refractivity contribution in [2.24, 2.45) is 22.7 Å². The smallest absolute Gasteiger partial charge is 0.306 e. The zero-order chi connectivity index (χ0) is 33.4. The van der Waals surface area contributed by atoms with Gasteiger partial charge in [-0.1, -0.05) is 111 Å². The second-order valence-corrected chi connectivity index (χ2v) is 14.7. The number of carbonyl (C=O) groups is 3. The topological polar surface area (TPSA) is 130 Å². The number of hydrogen-bond acceptors (Lipinski definition) is 8. The summed E-state index contributed by atoms with van der Waals surface area (Å²) in [4.78, 5) is 40.5. The van der Waals surface area contributed by atoms with Gasteiger partial charge in [0.2, 0.25) is 0 Å². The Bertz CT molecular complexity index is 1090. The second-order valence-electron chi connectivity index (χ2n) is 14.7. The van der Waals surface area contributed by atoms with Crippen LogP contribution in [0.5, 0.6) is 0 Å². The van der Waals surface area contributed by atoms with Crippen molar-refractivity contribution in [2.75, 3.05) is 6.61 Å². The van der Waals surface area contributed by atoms with E-state index in [-0.39, 0.29) is 31.0 Å². The number of rotatable bonds is 17. The molecule has 45 heavy (non-hydrogen) atoms. The van der Waals surface area contributed by atoms with E-state index in [2.05, 4.69) is 6.92 Å². The van der Waals surface area contributed by atoms with Gasteiger partial charge in [-0.25, -0.2) is 0 Å². The summed E-state index contributed by atoms with van der Waals surface area (Å²) >= 11 is 0. The van der Waals surface area contributed by atoms with Crippen molar-refractivity contribution in [1.29, 1.82) is 0 Å². The number of esters is 2. The molecule has 2 bridgehead atoms. The minimum absolute atomic E-state index is 0.133. The summed E-state index contributed by atoms with van der Waals surface area (Å²) in [6, 6.07) is 0. The first-order chi connectivity index (χ1) is 21.3. The van der Waals surface area contributed by atoms with E-state index in [9.17, 15) is 29.7 Å². The van der Waals surface area contributed by atoms with Gasteiger partial charge in [0.25, 0.3) is 0 Å². The Hall–Kier alpha value is -2.03. The van der Waals surface area contributed by atoms with Crippen molar-refractivity contribution in [3.63, 3.8) is 0 Å². The van der Waals surface area contributed by atoms with Gasteiger partial charge in [0, 0.05) is 18.3 Å².